The van der Waals surface area contributed by atoms with E-state index in [0.29, 0.717) is 0 Å². The molecule has 0 spiro atoms. The van der Waals surface area contributed by atoms with E-state index in [0.717, 1.165) is 29.8 Å². The van der Waals surface area contributed by atoms with Gasteiger partial charge in [0.05, 0.1) is 20.6 Å². The van der Waals surface area contributed by atoms with Crippen molar-refractivity contribution in [2.45, 2.75) is 17.4 Å². The van der Waals surface area contributed by atoms with Crippen LogP contribution in [0.2, 0.25) is 10.0 Å². The third kappa shape index (κ3) is 5.58. The van der Waals surface area contributed by atoms with Crippen LogP contribution in [0.3, 0.4) is 0 Å². The second-order valence-electron chi connectivity index (χ2n) is 6.40. The van der Waals surface area contributed by atoms with Crippen molar-refractivity contribution >= 4 is 44.8 Å². The van der Waals surface area contributed by atoms with Gasteiger partial charge in [-0.3, -0.25) is 4.79 Å². The molecule has 3 rings (SSSR count). The maximum absolute atomic E-state index is 13.2. The smallest absolute Gasteiger partial charge is 0.242 e. The molecule has 0 unspecified atom stereocenters. The van der Waals surface area contributed by atoms with Gasteiger partial charge < -0.3 is 5.32 Å². The number of hydrogen-bond donors (Lipinski definition) is 2. The molecule has 1 atom stereocenters. The zero-order chi connectivity index (χ0) is 21.7. The van der Waals surface area contributed by atoms with E-state index in [1.807, 2.05) is 6.07 Å². The largest absolute Gasteiger partial charge is 0.322 e. The van der Waals surface area contributed by atoms with Gasteiger partial charge in [0.25, 0.3) is 0 Å². The molecule has 0 aliphatic rings. The first-order chi connectivity index (χ1) is 14.3. The Morgan fingerprint density at radius 1 is 0.900 bits per heavy atom. The molecule has 5 nitrogen and oxygen atoms in total. The first kappa shape index (κ1) is 22.2. The van der Waals surface area contributed by atoms with Crippen LogP contribution in [0.5, 0.6) is 0 Å². The summed E-state index contributed by atoms with van der Waals surface area (Å²) < 4.78 is 41.1. The zero-order valence-electron chi connectivity index (χ0n) is 15.5. The minimum atomic E-state index is -4.10. The van der Waals surface area contributed by atoms with Crippen molar-refractivity contribution in [1.29, 1.82) is 0 Å². The topological polar surface area (TPSA) is 75.3 Å². The molecule has 0 radical (unpaired) electrons. The predicted molar refractivity (Wildman–Crippen MR) is 116 cm³/mol. The lowest BCUT2D eigenvalue weighted by Crippen LogP contribution is -2.45. The quantitative estimate of drug-likeness (QED) is 0.531. The van der Waals surface area contributed by atoms with Crippen molar-refractivity contribution in [2.75, 3.05) is 5.32 Å². The zero-order valence-corrected chi connectivity index (χ0v) is 17.8. The lowest BCUT2D eigenvalue weighted by Gasteiger charge is -2.19. The fourth-order valence-corrected chi connectivity index (χ4v) is 4.42. The van der Waals surface area contributed by atoms with Crippen molar-refractivity contribution in [3.05, 3.63) is 94.2 Å². The summed E-state index contributed by atoms with van der Waals surface area (Å²) in [7, 11) is -4.10. The summed E-state index contributed by atoms with van der Waals surface area (Å²) in [6.07, 6.45) is 0.0785. The van der Waals surface area contributed by atoms with Crippen LogP contribution in [0, 0.1) is 5.82 Å². The molecule has 0 saturated carbocycles. The van der Waals surface area contributed by atoms with Gasteiger partial charge in [-0.15, -0.1) is 0 Å². The van der Waals surface area contributed by atoms with Crippen LogP contribution in [-0.2, 0) is 21.2 Å². The lowest BCUT2D eigenvalue weighted by atomic mass is 10.1. The van der Waals surface area contributed by atoms with Gasteiger partial charge in [0.1, 0.15) is 11.9 Å². The summed E-state index contributed by atoms with van der Waals surface area (Å²) in [4.78, 5) is 12.8. The Morgan fingerprint density at radius 3 is 2.10 bits per heavy atom. The van der Waals surface area contributed by atoms with Crippen LogP contribution in [0.1, 0.15) is 5.56 Å². The molecule has 9 heteroatoms. The van der Waals surface area contributed by atoms with E-state index in [-0.39, 0.29) is 27.0 Å². The van der Waals surface area contributed by atoms with E-state index in [1.54, 1.807) is 42.5 Å². The first-order valence-electron chi connectivity index (χ1n) is 8.83. The van der Waals surface area contributed by atoms with Crippen molar-refractivity contribution < 1.29 is 17.6 Å². The molecular formula is C21H17Cl2FN2O3S. The number of carbonyl (C=O) groups excluding carboxylic acids is 1. The van der Waals surface area contributed by atoms with Crippen LogP contribution < -0.4 is 10.0 Å². The standard InChI is InChI=1S/C21H17Cl2FN2O3S/c22-17-7-4-8-18(23)20(17)25-21(27)19(13-14-5-2-1-3-6-14)26-30(28,29)16-11-9-15(24)10-12-16/h1-12,19,26H,13H2,(H,25,27)/t19-/m1/s1. The highest BCUT2D eigenvalue weighted by atomic mass is 35.5. The molecule has 0 aliphatic carbocycles. The number of rotatable bonds is 7. The average molecular weight is 467 g/mol. The highest BCUT2D eigenvalue weighted by Gasteiger charge is 2.27. The summed E-state index contributed by atoms with van der Waals surface area (Å²) in [5, 5.41) is 3.03. The van der Waals surface area contributed by atoms with Crippen LogP contribution in [0.15, 0.2) is 77.7 Å². The van der Waals surface area contributed by atoms with Gasteiger partial charge in [0.15, 0.2) is 0 Å². The highest BCUT2D eigenvalue weighted by molar-refractivity contribution is 7.89. The highest BCUT2D eigenvalue weighted by Crippen LogP contribution is 2.30. The fourth-order valence-electron chi connectivity index (χ4n) is 2.73. The fraction of sp³-hybridized carbons (Fsp3) is 0.0952. The molecule has 0 saturated heterocycles. The Kier molecular flexibility index (Phi) is 7.10. The van der Waals surface area contributed by atoms with E-state index >= 15 is 0 Å². The molecule has 3 aromatic carbocycles. The van der Waals surface area contributed by atoms with Crippen LogP contribution in [0.25, 0.3) is 0 Å². The number of nitrogens with one attached hydrogen (secondary N) is 2. The predicted octanol–water partition coefficient (Wildman–Crippen LogP) is 4.66. The number of amides is 1. The molecule has 0 heterocycles. The minimum Gasteiger partial charge on any atom is -0.322 e. The van der Waals surface area contributed by atoms with Gasteiger partial charge in [-0.25, -0.2) is 12.8 Å². The summed E-state index contributed by atoms with van der Waals surface area (Å²) in [6.45, 7) is 0. The van der Waals surface area contributed by atoms with Gasteiger partial charge in [-0.05, 0) is 48.4 Å². The Bertz CT molecular complexity index is 1120. The number of anilines is 1. The SMILES string of the molecule is O=C(Nc1c(Cl)cccc1Cl)[C@@H](Cc1ccccc1)NS(=O)(=O)c1ccc(F)cc1. The Balaban J connectivity index is 1.90. The molecule has 0 aromatic heterocycles. The Labute approximate surface area is 183 Å². The molecule has 156 valence electrons. The summed E-state index contributed by atoms with van der Waals surface area (Å²) in [6, 6.07) is 16.8. The van der Waals surface area contributed by atoms with Crippen molar-refractivity contribution in [3.8, 4) is 0 Å². The first-order valence-corrected chi connectivity index (χ1v) is 11.1. The minimum absolute atomic E-state index is 0.0785. The number of halogens is 3. The van der Waals surface area contributed by atoms with E-state index in [9.17, 15) is 17.6 Å². The number of hydrogen-bond acceptors (Lipinski definition) is 3. The van der Waals surface area contributed by atoms with E-state index in [4.69, 9.17) is 23.2 Å². The van der Waals surface area contributed by atoms with Gasteiger partial charge in [-0.2, -0.15) is 4.72 Å². The normalized spacial score (nSPS) is 12.4. The van der Waals surface area contributed by atoms with Crippen molar-refractivity contribution in [2.24, 2.45) is 0 Å². The maximum atomic E-state index is 13.2. The average Bonchev–Trinajstić information content (AvgIpc) is 2.71. The van der Waals surface area contributed by atoms with Gasteiger partial charge in [0, 0.05) is 0 Å². The van der Waals surface area contributed by atoms with Crippen molar-refractivity contribution in [1.82, 2.24) is 4.72 Å². The van der Waals surface area contributed by atoms with E-state index in [1.165, 1.54) is 0 Å². The van der Waals surface area contributed by atoms with Crippen LogP contribution >= 0.6 is 23.2 Å². The summed E-state index contributed by atoms with van der Waals surface area (Å²) in [5.41, 5.74) is 0.926. The molecule has 3 aromatic rings. The third-order valence-electron chi connectivity index (χ3n) is 4.23. The number of benzene rings is 3. The molecule has 1 amide bonds. The molecule has 0 aliphatic heterocycles. The van der Waals surface area contributed by atoms with Crippen LogP contribution in [-0.4, -0.2) is 20.4 Å². The molecule has 2 N–H and O–H groups in total. The van der Waals surface area contributed by atoms with E-state index < -0.39 is 27.8 Å². The summed E-state index contributed by atoms with van der Waals surface area (Å²) in [5.74, 6) is -1.21. The third-order valence-corrected chi connectivity index (χ3v) is 6.35. The Morgan fingerprint density at radius 2 is 1.50 bits per heavy atom. The Hall–Kier alpha value is -2.45. The molecule has 0 bridgehead atoms. The van der Waals surface area contributed by atoms with Crippen LogP contribution in [0.4, 0.5) is 10.1 Å². The van der Waals surface area contributed by atoms with Crippen molar-refractivity contribution in [3.63, 3.8) is 0 Å². The molecule has 30 heavy (non-hydrogen) atoms. The van der Waals surface area contributed by atoms with E-state index in [2.05, 4.69) is 10.0 Å². The number of carbonyl (C=O) groups is 1. The number of sulfonamides is 1. The second kappa shape index (κ2) is 9.57. The molecular weight excluding hydrogens is 450 g/mol. The maximum Gasteiger partial charge on any atom is 0.242 e. The van der Waals surface area contributed by atoms with Gasteiger partial charge >= 0.3 is 0 Å². The second-order valence-corrected chi connectivity index (χ2v) is 8.93. The monoisotopic (exact) mass is 466 g/mol. The number of para-hydroxylation sites is 1. The molecule has 0 fully saturated rings. The van der Waals surface area contributed by atoms with Gasteiger partial charge in [-0.1, -0.05) is 59.6 Å². The van der Waals surface area contributed by atoms with Gasteiger partial charge in [0.2, 0.25) is 15.9 Å². The summed E-state index contributed by atoms with van der Waals surface area (Å²) >= 11 is 12.2. The lowest BCUT2D eigenvalue weighted by molar-refractivity contribution is -0.117.